The summed E-state index contributed by atoms with van der Waals surface area (Å²) in [6, 6.07) is 13.2. The number of anilines is 1. The lowest BCUT2D eigenvalue weighted by Gasteiger charge is -2.21. The van der Waals surface area contributed by atoms with Crippen molar-refractivity contribution in [1.29, 1.82) is 0 Å². The molecule has 30 heavy (non-hydrogen) atoms. The summed E-state index contributed by atoms with van der Waals surface area (Å²) in [6.07, 6.45) is 1.39. The normalized spacial score (nSPS) is 12.1. The van der Waals surface area contributed by atoms with Gasteiger partial charge in [-0.2, -0.15) is 0 Å². The summed E-state index contributed by atoms with van der Waals surface area (Å²) in [5.41, 5.74) is -0.122. The van der Waals surface area contributed by atoms with Crippen molar-refractivity contribution in [3.8, 4) is 0 Å². The molecule has 0 saturated heterocycles. The predicted molar refractivity (Wildman–Crippen MR) is 116 cm³/mol. The Kier molecular flexibility index (Phi) is 6.04. The van der Waals surface area contributed by atoms with Crippen molar-refractivity contribution in [2.45, 2.75) is 44.2 Å². The van der Waals surface area contributed by atoms with Gasteiger partial charge in [-0.3, -0.25) is 14.2 Å². The van der Waals surface area contributed by atoms with Crippen LogP contribution in [0.1, 0.15) is 27.2 Å². The summed E-state index contributed by atoms with van der Waals surface area (Å²) < 4.78 is 29.3. The number of aryl methyl sites for hydroxylation is 1. The van der Waals surface area contributed by atoms with E-state index in [1.54, 1.807) is 57.2 Å². The molecule has 1 aromatic heterocycles. The van der Waals surface area contributed by atoms with Gasteiger partial charge in [-0.1, -0.05) is 24.3 Å². The van der Waals surface area contributed by atoms with Crippen LogP contribution in [0.4, 0.5) is 5.69 Å². The van der Waals surface area contributed by atoms with E-state index < -0.39 is 21.5 Å². The molecule has 0 aliphatic rings. The fraction of sp³-hybridized carbons (Fsp3) is 0.286. The first-order valence-electron chi connectivity index (χ1n) is 9.44. The van der Waals surface area contributed by atoms with Gasteiger partial charge in [-0.25, -0.2) is 18.1 Å². The first-order valence-corrected chi connectivity index (χ1v) is 10.9. The van der Waals surface area contributed by atoms with E-state index in [1.165, 1.54) is 23.0 Å². The number of para-hydroxylation sites is 2. The van der Waals surface area contributed by atoms with Crippen LogP contribution in [0, 0.1) is 0 Å². The van der Waals surface area contributed by atoms with Crippen molar-refractivity contribution in [1.82, 2.24) is 14.3 Å². The van der Waals surface area contributed by atoms with Crippen LogP contribution in [-0.2, 0) is 21.4 Å². The van der Waals surface area contributed by atoms with E-state index in [0.29, 0.717) is 10.9 Å². The Balaban J connectivity index is 1.75. The van der Waals surface area contributed by atoms with Gasteiger partial charge in [0, 0.05) is 18.5 Å². The molecule has 8 nitrogen and oxygen atoms in total. The first kappa shape index (κ1) is 21.7. The zero-order valence-electron chi connectivity index (χ0n) is 17.0. The number of carbonyl (C=O) groups is 1. The highest BCUT2D eigenvalue weighted by molar-refractivity contribution is 7.89. The van der Waals surface area contributed by atoms with Crippen molar-refractivity contribution in [2.75, 3.05) is 5.32 Å². The highest BCUT2D eigenvalue weighted by Crippen LogP contribution is 2.22. The fourth-order valence-electron chi connectivity index (χ4n) is 2.96. The number of aromatic nitrogens is 2. The van der Waals surface area contributed by atoms with Gasteiger partial charge in [-0.05, 0) is 45.0 Å². The van der Waals surface area contributed by atoms with Gasteiger partial charge in [0.2, 0.25) is 15.9 Å². The number of benzene rings is 2. The molecule has 9 heteroatoms. The minimum atomic E-state index is -3.82. The summed E-state index contributed by atoms with van der Waals surface area (Å²) in [4.78, 5) is 29.2. The van der Waals surface area contributed by atoms with Crippen molar-refractivity contribution >= 4 is 32.5 Å². The Morgan fingerprint density at radius 2 is 1.73 bits per heavy atom. The number of rotatable bonds is 6. The standard InChI is InChI=1S/C21H24N4O4S/c1-21(2,3)24-30(28,29)18-11-7-6-10-17(18)23-19(26)12-13-25-14-22-16-9-5-4-8-15(16)20(25)27/h4-11,14,24H,12-13H2,1-3H3,(H,23,26). The van der Waals surface area contributed by atoms with Crippen LogP contribution in [-0.4, -0.2) is 29.4 Å². The van der Waals surface area contributed by atoms with Crippen LogP contribution >= 0.6 is 0 Å². The Morgan fingerprint density at radius 3 is 2.47 bits per heavy atom. The minimum Gasteiger partial charge on any atom is -0.325 e. The minimum absolute atomic E-state index is 0.0129. The van der Waals surface area contributed by atoms with Gasteiger partial charge in [-0.15, -0.1) is 0 Å². The monoisotopic (exact) mass is 428 g/mol. The van der Waals surface area contributed by atoms with E-state index in [1.807, 2.05) is 0 Å². The van der Waals surface area contributed by atoms with Crippen molar-refractivity contribution in [3.05, 3.63) is 65.2 Å². The molecule has 0 spiro atoms. The molecule has 1 heterocycles. The summed E-state index contributed by atoms with van der Waals surface area (Å²) in [6.45, 7) is 5.33. The molecule has 0 aliphatic carbocycles. The van der Waals surface area contributed by atoms with Crippen LogP contribution in [0.25, 0.3) is 10.9 Å². The smallest absolute Gasteiger partial charge is 0.261 e. The Hall–Kier alpha value is -3.04. The second-order valence-electron chi connectivity index (χ2n) is 7.91. The van der Waals surface area contributed by atoms with Gasteiger partial charge in [0.05, 0.1) is 22.9 Å². The van der Waals surface area contributed by atoms with Gasteiger partial charge in [0.25, 0.3) is 5.56 Å². The van der Waals surface area contributed by atoms with E-state index in [0.717, 1.165) is 0 Å². The zero-order chi connectivity index (χ0) is 21.9. The second-order valence-corrected chi connectivity index (χ2v) is 9.56. The number of amides is 1. The maximum Gasteiger partial charge on any atom is 0.261 e. The predicted octanol–water partition coefficient (Wildman–Crippen LogP) is 2.50. The van der Waals surface area contributed by atoms with Crippen LogP contribution in [0.15, 0.2) is 64.5 Å². The molecule has 158 valence electrons. The Bertz CT molecular complexity index is 1240. The molecule has 2 aromatic carbocycles. The number of nitrogens with one attached hydrogen (secondary N) is 2. The largest absolute Gasteiger partial charge is 0.325 e. The van der Waals surface area contributed by atoms with E-state index >= 15 is 0 Å². The topological polar surface area (TPSA) is 110 Å². The molecule has 0 aliphatic heterocycles. The third-order valence-corrected chi connectivity index (χ3v) is 6.02. The number of fused-ring (bicyclic) bond motifs is 1. The molecule has 0 fully saturated rings. The van der Waals surface area contributed by atoms with Crippen molar-refractivity contribution in [2.24, 2.45) is 0 Å². The van der Waals surface area contributed by atoms with Crippen molar-refractivity contribution < 1.29 is 13.2 Å². The number of hydrogen-bond donors (Lipinski definition) is 2. The molecule has 2 N–H and O–H groups in total. The van der Waals surface area contributed by atoms with Crippen LogP contribution in [0.3, 0.4) is 0 Å². The molecule has 3 rings (SSSR count). The summed E-state index contributed by atoms with van der Waals surface area (Å²) in [5.74, 6) is -0.409. The van der Waals surface area contributed by atoms with E-state index in [2.05, 4.69) is 15.0 Å². The molecule has 1 amide bonds. The first-order chi connectivity index (χ1) is 14.1. The van der Waals surface area contributed by atoms with E-state index in [9.17, 15) is 18.0 Å². The maximum atomic E-state index is 12.7. The van der Waals surface area contributed by atoms with E-state index in [4.69, 9.17) is 0 Å². The van der Waals surface area contributed by atoms with Crippen LogP contribution in [0.5, 0.6) is 0 Å². The van der Waals surface area contributed by atoms with Gasteiger partial charge in [0.15, 0.2) is 0 Å². The molecule has 0 saturated carbocycles. The maximum absolute atomic E-state index is 12.7. The molecule has 0 radical (unpaired) electrons. The SMILES string of the molecule is CC(C)(C)NS(=O)(=O)c1ccccc1NC(=O)CCn1cnc2ccccc2c1=O. The average molecular weight is 429 g/mol. The molecular formula is C21H24N4O4S. The highest BCUT2D eigenvalue weighted by Gasteiger charge is 2.24. The molecule has 0 atom stereocenters. The average Bonchev–Trinajstić information content (AvgIpc) is 2.66. The summed E-state index contributed by atoms with van der Waals surface area (Å²) in [7, 11) is -3.82. The lowest BCUT2D eigenvalue weighted by Crippen LogP contribution is -2.40. The van der Waals surface area contributed by atoms with Crippen molar-refractivity contribution in [3.63, 3.8) is 0 Å². The molecule has 3 aromatic rings. The Morgan fingerprint density at radius 1 is 1.07 bits per heavy atom. The van der Waals surface area contributed by atoms with E-state index in [-0.39, 0.29) is 29.1 Å². The number of carbonyl (C=O) groups excluding carboxylic acids is 1. The van der Waals surface area contributed by atoms with Crippen LogP contribution in [0.2, 0.25) is 0 Å². The number of hydrogen-bond acceptors (Lipinski definition) is 5. The summed E-state index contributed by atoms with van der Waals surface area (Å²) in [5, 5.41) is 3.11. The third-order valence-electron chi connectivity index (χ3n) is 4.20. The molecule has 0 bridgehead atoms. The fourth-order valence-corrected chi connectivity index (χ4v) is 4.54. The van der Waals surface area contributed by atoms with Gasteiger partial charge < -0.3 is 5.32 Å². The quantitative estimate of drug-likeness (QED) is 0.627. The highest BCUT2D eigenvalue weighted by atomic mass is 32.2. The Labute approximate surface area is 175 Å². The summed E-state index contributed by atoms with van der Waals surface area (Å²) >= 11 is 0. The number of sulfonamides is 1. The lowest BCUT2D eigenvalue weighted by molar-refractivity contribution is -0.116. The number of nitrogens with zero attached hydrogens (tertiary/aromatic N) is 2. The van der Waals surface area contributed by atoms with Crippen LogP contribution < -0.4 is 15.6 Å². The lowest BCUT2D eigenvalue weighted by atomic mass is 10.1. The second kappa shape index (κ2) is 8.37. The molecule has 0 unspecified atom stereocenters. The van der Waals surface area contributed by atoms with Gasteiger partial charge >= 0.3 is 0 Å². The van der Waals surface area contributed by atoms with Gasteiger partial charge in [0.1, 0.15) is 4.90 Å². The third kappa shape index (κ3) is 5.11. The zero-order valence-corrected chi connectivity index (χ0v) is 17.9. The molecular weight excluding hydrogens is 404 g/mol.